The zero-order valence-corrected chi connectivity index (χ0v) is 16.3. The van der Waals surface area contributed by atoms with Crippen molar-refractivity contribution in [3.8, 4) is 17.2 Å². The molecule has 3 rings (SSSR count). The molecule has 6 nitrogen and oxygen atoms in total. The van der Waals surface area contributed by atoms with Crippen molar-refractivity contribution in [2.75, 3.05) is 26.1 Å². The van der Waals surface area contributed by atoms with Crippen molar-refractivity contribution in [2.45, 2.75) is 19.8 Å². The molecular weight excluding hydrogens is 366 g/mol. The van der Waals surface area contributed by atoms with Crippen molar-refractivity contribution in [2.24, 2.45) is 0 Å². The van der Waals surface area contributed by atoms with Gasteiger partial charge in [0.05, 0.1) is 26.3 Å². The van der Waals surface area contributed by atoms with Gasteiger partial charge in [0.15, 0.2) is 11.5 Å². The van der Waals surface area contributed by atoms with Crippen LogP contribution in [0, 0.1) is 0 Å². The Hall–Kier alpha value is -2.73. The SMILES string of the molecule is CCCCOc1ccc(Nc2nc(Cl)nc3cc(OC)c(OC)cc23)cc1. The van der Waals surface area contributed by atoms with E-state index in [2.05, 4.69) is 22.2 Å². The van der Waals surface area contributed by atoms with E-state index in [1.165, 1.54) is 0 Å². The van der Waals surface area contributed by atoms with Gasteiger partial charge in [-0.25, -0.2) is 4.98 Å². The molecule has 3 aromatic rings. The summed E-state index contributed by atoms with van der Waals surface area (Å²) in [5, 5.41) is 4.21. The summed E-state index contributed by atoms with van der Waals surface area (Å²) in [5.74, 6) is 2.61. The van der Waals surface area contributed by atoms with E-state index in [9.17, 15) is 0 Å². The topological polar surface area (TPSA) is 65.5 Å². The normalized spacial score (nSPS) is 10.7. The van der Waals surface area contributed by atoms with E-state index < -0.39 is 0 Å². The van der Waals surface area contributed by atoms with Crippen molar-refractivity contribution in [3.05, 3.63) is 41.7 Å². The minimum absolute atomic E-state index is 0.150. The highest BCUT2D eigenvalue weighted by Gasteiger charge is 2.13. The van der Waals surface area contributed by atoms with Crippen LogP contribution < -0.4 is 19.5 Å². The van der Waals surface area contributed by atoms with Crippen molar-refractivity contribution >= 4 is 34.0 Å². The minimum Gasteiger partial charge on any atom is -0.494 e. The van der Waals surface area contributed by atoms with Crippen molar-refractivity contribution in [1.29, 1.82) is 0 Å². The highest BCUT2D eigenvalue weighted by molar-refractivity contribution is 6.28. The molecule has 0 aliphatic heterocycles. The second-order valence-electron chi connectivity index (χ2n) is 5.92. The zero-order chi connectivity index (χ0) is 19.2. The van der Waals surface area contributed by atoms with Gasteiger partial charge < -0.3 is 19.5 Å². The lowest BCUT2D eigenvalue weighted by Gasteiger charge is -2.13. The number of nitrogens with one attached hydrogen (secondary N) is 1. The fourth-order valence-corrected chi connectivity index (χ4v) is 2.80. The van der Waals surface area contributed by atoms with Gasteiger partial charge in [0, 0.05) is 17.1 Å². The van der Waals surface area contributed by atoms with E-state index in [4.69, 9.17) is 25.8 Å². The van der Waals surface area contributed by atoms with Gasteiger partial charge in [-0.05, 0) is 48.4 Å². The number of aromatic nitrogens is 2. The van der Waals surface area contributed by atoms with E-state index in [-0.39, 0.29) is 5.28 Å². The molecule has 1 aromatic heterocycles. The second-order valence-corrected chi connectivity index (χ2v) is 6.26. The Morgan fingerprint density at radius 3 is 2.37 bits per heavy atom. The first-order chi connectivity index (χ1) is 13.1. The molecule has 0 saturated heterocycles. The van der Waals surface area contributed by atoms with E-state index >= 15 is 0 Å². The summed E-state index contributed by atoms with van der Waals surface area (Å²) >= 11 is 6.10. The molecule has 7 heteroatoms. The molecule has 1 heterocycles. The molecule has 27 heavy (non-hydrogen) atoms. The Labute approximate surface area is 163 Å². The van der Waals surface area contributed by atoms with Gasteiger partial charge in [0.1, 0.15) is 11.6 Å². The van der Waals surface area contributed by atoms with E-state index in [1.807, 2.05) is 30.3 Å². The van der Waals surface area contributed by atoms with Crippen LogP contribution >= 0.6 is 11.6 Å². The summed E-state index contributed by atoms with van der Waals surface area (Å²) in [6.45, 7) is 2.86. The Bertz CT molecular complexity index is 916. The molecule has 0 spiro atoms. The third kappa shape index (κ3) is 4.52. The largest absolute Gasteiger partial charge is 0.494 e. The van der Waals surface area contributed by atoms with Gasteiger partial charge >= 0.3 is 0 Å². The molecule has 2 aromatic carbocycles. The maximum Gasteiger partial charge on any atom is 0.224 e. The van der Waals surface area contributed by atoms with Crippen molar-refractivity contribution in [1.82, 2.24) is 9.97 Å². The average molecular weight is 388 g/mol. The molecule has 0 bridgehead atoms. The van der Waals surface area contributed by atoms with Crippen LogP contribution in [0.1, 0.15) is 19.8 Å². The van der Waals surface area contributed by atoms with Crippen LogP contribution in [-0.2, 0) is 0 Å². The number of hydrogen-bond acceptors (Lipinski definition) is 6. The maximum absolute atomic E-state index is 6.10. The lowest BCUT2D eigenvalue weighted by Crippen LogP contribution is -2.00. The summed E-state index contributed by atoms with van der Waals surface area (Å²) in [5.41, 5.74) is 1.53. The highest BCUT2D eigenvalue weighted by Crippen LogP contribution is 2.35. The van der Waals surface area contributed by atoms with Gasteiger partial charge in [-0.15, -0.1) is 0 Å². The summed E-state index contributed by atoms with van der Waals surface area (Å²) in [6.07, 6.45) is 2.14. The number of anilines is 2. The smallest absolute Gasteiger partial charge is 0.224 e. The van der Waals surface area contributed by atoms with Crippen LogP contribution in [0.5, 0.6) is 17.2 Å². The third-order valence-electron chi connectivity index (χ3n) is 4.06. The van der Waals surface area contributed by atoms with Crippen LogP contribution in [0.15, 0.2) is 36.4 Å². The highest BCUT2D eigenvalue weighted by atomic mass is 35.5. The number of rotatable bonds is 8. The number of fused-ring (bicyclic) bond motifs is 1. The Morgan fingerprint density at radius 2 is 1.70 bits per heavy atom. The summed E-state index contributed by atoms with van der Waals surface area (Å²) in [4.78, 5) is 8.60. The lowest BCUT2D eigenvalue weighted by molar-refractivity contribution is 0.309. The van der Waals surface area contributed by atoms with Gasteiger partial charge in [0.25, 0.3) is 0 Å². The molecule has 1 N–H and O–H groups in total. The first kappa shape index (κ1) is 19.0. The molecule has 0 unspecified atom stereocenters. The van der Waals surface area contributed by atoms with Crippen molar-refractivity contribution < 1.29 is 14.2 Å². The van der Waals surface area contributed by atoms with E-state index in [0.717, 1.165) is 36.3 Å². The molecular formula is C20H22ClN3O3. The lowest BCUT2D eigenvalue weighted by atomic mass is 10.2. The predicted octanol–water partition coefficient (Wildman–Crippen LogP) is 5.22. The van der Waals surface area contributed by atoms with Crippen LogP contribution in [0.2, 0.25) is 5.28 Å². The van der Waals surface area contributed by atoms with Gasteiger partial charge in [0.2, 0.25) is 5.28 Å². The van der Waals surface area contributed by atoms with Crippen molar-refractivity contribution in [3.63, 3.8) is 0 Å². The summed E-state index contributed by atoms with van der Waals surface area (Å²) in [6, 6.07) is 11.3. The van der Waals surface area contributed by atoms with E-state index in [1.54, 1.807) is 20.3 Å². The number of ether oxygens (including phenoxy) is 3. The van der Waals surface area contributed by atoms with Crippen LogP contribution in [-0.4, -0.2) is 30.8 Å². The summed E-state index contributed by atoms with van der Waals surface area (Å²) in [7, 11) is 3.17. The molecule has 0 atom stereocenters. The second kappa shape index (κ2) is 8.77. The molecule has 0 aliphatic carbocycles. The predicted molar refractivity (Wildman–Crippen MR) is 108 cm³/mol. The molecule has 0 amide bonds. The average Bonchev–Trinajstić information content (AvgIpc) is 2.68. The van der Waals surface area contributed by atoms with Crippen LogP contribution in [0.3, 0.4) is 0 Å². The van der Waals surface area contributed by atoms with Gasteiger partial charge in [-0.2, -0.15) is 4.98 Å². The quantitative estimate of drug-likeness (QED) is 0.422. The molecule has 0 fully saturated rings. The zero-order valence-electron chi connectivity index (χ0n) is 15.6. The first-order valence-electron chi connectivity index (χ1n) is 8.73. The number of benzene rings is 2. The summed E-state index contributed by atoms with van der Waals surface area (Å²) < 4.78 is 16.4. The number of methoxy groups -OCH3 is 2. The van der Waals surface area contributed by atoms with Gasteiger partial charge in [-0.3, -0.25) is 0 Å². The third-order valence-corrected chi connectivity index (χ3v) is 4.23. The molecule has 142 valence electrons. The Morgan fingerprint density at radius 1 is 1.00 bits per heavy atom. The Kier molecular flexibility index (Phi) is 6.19. The minimum atomic E-state index is 0.150. The fourth-order valence-electron chi connectivity index (χ4n) is 2.63. The number of unbranched alkanes of at least 4 members (excludes halogenated alkanes) is 1. The Balaban J connectivity index is 1.89. The van der Waals surface area contributed by atoms with Crippen LogP contribution in [0.4, 0.5) is 11.5 Å². The first-order valence-corrected chi connectivity index (χ1v) is 9.11. The standard InChI is InChI=1S/C20H22ClN3O3/c1-4-5-10-27-14-8-6-13(7-9-14)22-19-15-11-17(25-2)18(26-3)12-16(15)23-20(21)24-19/h6-9,11-12H,4-5,10H2,1-3H3,(H,22,23,24). The molecule has 0 saturated carbocycles. The molecule has 0 radical (unpaired) electrons. The monoisotopic (exact) mass is 387 g/mol. The number of hydrogen-bond donors (Lipinski definition) is 1. The number of nitrogens with zero attached hydrogens (tertiary/aromatic N) is 2. The maximum atomic E-state index is 6.10. The fraction of sp³-hybridized carbons (Fsp3) is 0.300. The van der Waals surface area contributed by atoms with Crippen LogP contribution in [0.25, 0.3) is 10.9 Å². The number of halogens is 1. The molecule has 0 aliphatic rings. The van der Waals surface area contributed by atoms with E-state index in [0.29, 0.717) is 22.8 Å². The van der Waals surface area contributed by atoms with Gasteiger partial charge in [-0.1, -0.05) is 13.3 Å².